The predicted molar refractivity (Wildman–Crippen MR) is 78.1 cm³/mol. The van der Waals surface area contributed by atoms with Gasteiger partial charge < -0.3 is 9.80 Å². The van der Waals surface area contributed by atoms with Crippen LogP contribution >= 0.6 is 0 Å². The van der Waals surface area contributed by atoms with Crippen molar-refractivity contribution >= 4 is 11.8 Å². The van der Waals surface area contributed by atoms with Crippen LogP contribution in [0.1, 0.15) is 18.4 Å². The van der Waals surface area contributed by atoms with Gasteiger partial charge in [-0.25, -0.2) is 4.39 Å². The van der Waals surface area contributed by atoms with Gasteiger partial charge in [0, 0.05) is 32.6 Å². The quantitative estimate of drug-likeness (QED) is 0.843. The molecule has 6 heteroatoms. The molecule has 0 N–H and O–H groups in total. The molecule has 0 radical (unpaired) electrons. The fourth-order valence-electron chi connectivity index (χ4n) is 2.49. The Morgan fingerprint density at radius 1 is 1.09 bits per heavy atom. The number of benzene rings is 1. The average Bonchev–Trinajstić information content (AvgIpc) is 2.54. The summed E-state index contributed by atoms with van der Waals surface area (Å²) in [6.45, 7) is 1.83. The van der Waals surface area contributed by atoms with Gasteiger partial charge in [-0.05, 0) is 18.1 Å². The summed E-state index contributed by atoms with van der Waals surface area (Å²) in [5.74, 6) is -0.515. The molecule has 0 unspecified atom stereocenters. The van der Waals surface area contributed by atoms with Gasteiger partial charge in [-0.1, -0.05) is 18.2 Å². The molecule has 1 aliphatic heterocycles. The smallest absolute Gasteiger partial charge is 0.236 e. The van der Waals surface area contributed by atoms with E-state index in [1.165, 1.54) is 6.07 Å². The largest absolute Gasteiger partial charge is 0.339 e. The molecule has 116 valence electrons. The Kier molecular flexibility index (Phi) is 5.48. The van der Waals surface area contributed by atoms with Crippen LogP contribution in [-0.2, 0) is 16.0 Å². The average molecular weight is 303 g/mol. The predicted octanol–water partition coefficient (Wildman–Crippen LogP) is 1.34. The van der Waals surface area contributed by atoms with E-state index in [4.69, 9.17) is 5.26 Å². The Labute approximate surface area is 128 Å². The number of hydrogen-bond acceptors (Lipinski definition) is 3. The summed E-state index contributed by atoms with van der Waals surface area (Å²) >= 11 is 0. The molecule has 1 aliphatic rings. The molecule has 0 atom stereocenters. The van der Waals surface area contributed by atoms with Gasteiger partial charge in [-0.15, -0.1) is 0 Å². The van der Waals surface area contributed by atoms with E-state index in [0.717, 1.165) is 0 Å². The molecule has 2 amide bonds. The summed E-state index contributed by atoms with van der Waals surface area (Å²) in [4.78, 5) is 27.0. The highest BCUT2D eigenvalue weighted by Crippen LogP contribution is 2.11. The van der Waals surface area contributed by atoms with Gasteiger partial charge in [0.1, 0.15) is 12.2 Å². The van der Waals surface area contributed by atoms with E-state index in [1.54, 1.807) is 28.0 Å². The van der Waals surface area contributed by atoms with Gasteiger partial charge in [-0.3, -0.25) is 9.59 Å². The summed E-state index contributed by atoms with van der Waals surface area (Å²) in [5.41, 5.74) is 0.540. The van der Waals surface area contributed by atoms with Gasteiger partial charge in [-0.2, -0.15) is 5.26 Å². The third kappa shape index (κ3) is 4.04. The number of aryl methyl sites for hydroxylation is 1. The SMILES string of the molecule is N#CCC(=O)N1CCN(C(=O)CCc2ccccc2F)CC1. The van der Waals surface area contributed by atoms with E-state index in [2.05, 4.69) is 0 Å². The van der Waals surface area contributed by atoms with Gasteiger partial charge in [0.25, 0.3) is 0 Å². The van der Waals surface area contributed by atoms with Crippen molar-refractivity contribution in [1.29, 1.82) is 5.26 Å². The zero-order valence-electron chi connectivity index (χ0n) is 12.3. The number of carbonyl (C=O) groups excluding carboxylic acids is 2. The lowest BCUT2D eigenvalue weighted by molar-refractivity contribution is -0.139. The molecule has 22 heavy (non-hydrogen) atoms. The summed E-state index contributed by atoms with van der Waals surface area (Å²) < 4.78 is 13.5. The zero-order chi connectivity index (χ0) is 15.9. The van der Waals surface area contributed by atoms with Crippen molar-refractivity contribution in [2.24, 2.45) is 0 Å². The number of halogens is 1. The highest BCUT2D eigenvalue weighted by Gasteiger charge is 2.23. The number of piperazine rings is 1. The standard InChI is InChI=1S/C16H18FN3O2/c17-14-4-2-1-3-13(14)5-6-15(21)19-9-11-20(12-10-19)16(22)7-8-18/h1-4H,5-7,9-12H2. The molecule has 2 rings (SSSR count). The molecule has 1 heterocycles. The maximum Gasteiger partial charge on any atom is 0.236 e. The van der Waals surface area contributed by atoms with E-state index in [0.29, 0.717) is 38.2 Å². The minimum absolute atomic E-state index is 0.0318. The topological polar surface area (TPSA) is 64.4 Å². The van der Waals surface area contributed by atoms with Crippen molar-refractivity contribution in [3.05, 3.63) is 35.6 Å². The maximum absolute atomic E-state index is 13.5. The van der Waals surface area contributed by atoms with Crippen LogP contribution < -0.4 is 0 Å². The van der Waals surface area contributed by atoms with Crippen LogP contribution in [0.25, 0.3) is 0 Å². The van der Waals surface area contributed by atoms with E-state index < -0.39 is 0 Å². The summed E-state index contributed by atoms with van der Waals surface area (Å²) in [5, 5.41) is 8.52. The van der Waals surface area contributed by atoms with Crippen molar-refractivity contribution in [2.75, 3.05) is 26.2 Å². The van der Waals surface area contributed by atoms with Crippen LogP contribution in [-0.4, -0.2) is 47.8 Å². The Morgan fingerprint density at radius 3 is 2.27 bits per heavy atom. The monoisotopic (exact) mass is 303 g/mol. The van der Waals surface area contributed by atoms with E-state index in [-0.39, 0.29) is 30.5 Å². The number of rotatable bonds is 4. The normalized spacial score (nSPS) is 14.5. The second kappa shape index (κ2) is 7.55. The van der Waals surface area contributed by atoms with Crippen molar-refractivity contribution in [2.45, 2.75) is 19.3 Å². The number of amides is 2. The molecule has 0 spiro atoms. The Hall–Kier alpha value is -2.42. The number of nitriles is 1. The first-order chi connectivity index (χ1) is 10.6. The second-order valence-electron chi connectivity index (χ2n) is 5.19. The Morgan fingerprint density at radius 2 is 1.68 bits per heavy atom. The highest BCUT2D eigenvalue weighted by atomic mass is 19.1. The van der Waals surface area contributed by atoms with Crippen molar-refractivity contribution < 1.29 is 14.0 Å². The first-order valence-electron chi connectivity index (χ1n) is 7.27. The molecule has 1 aromatic rings. The lowest BCUT2D eigenvalue weighted by atomic mass is 10.1. The first kappa shape index (κ1) is 16.0. The molecule has 1 aromatic carbocycles. The van der Waals surface area contributed by atoms with Crippen LogP contribution in [0, 0.1) is 17.1 Å². The fraction of sp³-hybridized carbons (Fsp3) is 0.438. The molecule has 1 saturated heterocycles. The summed E-state index contributed by atoms with van der Waals surface area (Å²) in [6, 6.07) is 8.28. The highest BCUT2D eigenvalue weighted by molar-refractivity contribution is 5.79. The third-order valence-electron chi connectivity index (χ3n) is 3.78. The molecule has 0 aliphatic carbocycles. The summed E-state index contributed by atoms with van der Waals surface area (Å²) in [7, 11) is 0. The van der Waals surface area contributed by atoms with Crippen LogP contribution in [0.4, 0.5) is 4.39 Å². The second-order valence-corrected chi connectivity index (χ2v) is 5.19. The fourth-order valence-corrected chi connectivity index (χ4v) is 2.49. The summed E-state index contributed by atoms with van der Waals surface area (Å²) in [6.07, 6.45) is 0.507. The van der Waals surface area contributed by atoms with Crippen LogP contribution in [0.2, 0.25) is 0 Å². The maximum atomic E-state index is 13.5. The van der Waals surface area contributed by atoms with Gasteiger partial charge in [0.05, 0.1) is 6.07 Å². The number of nitrogens with zero attached hydrogens (tertiary/aromatic N) is 3. The Balaban J connectivity index is 1.79. The van der Waals surface area contributed by atoms with Crippen LogP contribution in [0.3, 0.4) is 0 Å². The van der Waals surface area contributed by atoms with Crippen LogP contribution in [0.15, 0.2) is 24.3 Å². The van der Waals surface area contributed by atoms with E-state index in [1.807, 2.05) is 6.07 Å². The zero-order valence-corrected chi connectivity index (χ0v) is 12.3. The van der Waals surface area contributed by atoms with E-state index in [9.17, 15) is 14.0 Å². The molecule has 0 saturated carbocycles. The molecule has 0 aromatic heterocycles. The lowest BCUT2D eigenvalue weighted by Crippen LogP contribution is -2.50. The number of carbonyl (C=O) groups is 2. The van der Waals surface area contributed by atoms with Gasteiger partial charge >= 0.3 is 0 Å². The minimum atomic E-state index is -0.290. The third-order valence-corrected chi connectivity index (χ3v) is 3.78. The van der Waals surface area contributed by atoms with Crippen molar-refractivity contribution in [3.8, 4) is 6.07 Å². The van der Waals surface area contributed by atoms with E-state index >= 15 is 0 Å². The van der Waals surface area contributed by atoms with Crippen molar-refractivity contribution in [3.63, 3.8) is 0 Å². The lowest BCUT2D eigenvalue weighted by Gasteiger charge is -2.34. The van der Waals surface area contributed by atoms with Gasteiger partial charge in [0.2, 0.25) is 11.8 Å². The first-order valence-corrected chi connectivity index (χ1v) is 7.27. The molecular weight excluding hydrogens is 285 g/mol. The van der Waals surface area contributed by atoms with Crippen LogP contribution in [0.5, 0.6) is 0 Å². The molecular formula is C16H18FN3O2. The molecule has 0 bridgehead atoms. The van der Waals surface area contributed by atoms with Gasteiger partial charge in [0.15, 0.2) is 0 Å². The molecule has 5 nitrogen and oxygen atoms in total. The number of hydrogen-bond donors (Lipinski definition) is 0. The Bertz CT molecular complexity index is 589. The molecule has 1 fully saturated rings. The van der Waals surface area contributed by atoms with Crippen molar-refractivity contribution in [1.82, 2.24) is 9.80 Å². The minimum Gasteiger partial charge on any atom is -0.339 e.